The molecule has 1 fully saturated rings. The molecule has 1 aliphatic carbocycles. The second kappa shape index (κ2) is 9.15. The Morgan fingerprint density at radius 3 is 2.55 bits per heavy atom. The fraction of sp³-hybridized carbons (Fsp3) is 0.619. The fourth-order valence-corrected chi connectivity index (χ4v) is 4.36. The van der Waals surface area contributed by atoms with Gasteiger partial charge in [-0.25, -0.2) is 0 Å². The number of rotatable bonds is 11. The first-order valence-corrected chi connectivity index (χ1v) is 11.3. The number of nitrogens with two attached hydrogens (primary N) is 1. The molecule has 8 heteroatoms. The van der Waals surface area contributed by atoms with Crippen LogP contribution in [0.25, 0.3) is 0 Å². The number of thioether (sulfide) groups is 1. The van der Waals surface area contributed by atoms with Gasteiger partial charge in [-0.1, -0.05) is 25.6 Å². The molecule has 0 spiro atoms. The van der Waals surface area contributed by atoms with Crippen LogP contribution in [0, 0.1) is 19.8 Å². The number of carbonyl (C=O) groups is 2. The number of aryl methyl sites for hydroxylation is 1. The van der Waals surface area contributed by atoms with Crippen molar-refractivity contribution in [1.82, 2.24) is 19.3 Å². The highest BCUT2D eigenvalue weighted by molar-refractivity contribution is 7.99. The lowest BCUT2D eigenvalue weighted by Crippen LogP contribution is -2.16. The zero-order chi connectivity index (χ0) is 21.1. The lowest BCUT2D eigenvalue weighted by atomic mass is 10.1. The summed E-state index contributed by atoms with van der Waals surface area (Å²) in [4.78, 5) is 24.1. The molecule has 1 amide bonds. The van der Waals surface area contributed by atoms with Crippen LogP contribution in [0.15, 0.2) is 11.2 Å². The maximum Gasteiger partial charge on any atom is 0.219 e. The van der Waals surface area contributed by atoms with Crippen LogP contribution >= 0.6 is 11.8 Å². The molecule has 0 radical (unpaired) electrons. The molecule has 0 atom stereocenters. The topological polar surface area (TPSA) is 95.8 Å². The Bertz CT molecular complexity index is 895. The van der Waals surface area contributed by atoms with Gasteiger partial charge in [0.1, 0.15) is 5.82 Å². The summed E-state index contributed by atoms with van der Waals surface area (Å²) in [6, 6.07) is 1.99. The van der Waals surface area contributed by atoms with E-state index in [0.29, 0.717) is 29.3 Å². The molecule has 2 heterocycles. The van der Waals surface area contributed by atoms with E-state index >= 15 is 0 Å². The summed E-state index contributed by atoms with van der Waals surface area (Å²) in [5.74, 6) is 2.00. The third-order valence-electron chi connectivity index (χ3n) is 5.41. The maximum atomic E-state index is 12.9. The number of aromatic nitrogens is 4. The lowest BCUT2D eigenvalue weighted by molar-refractivity contribution is -0.118. The Morgan fingerprint density at radius 1 is 1.21 bits per heavy atom. The number of primary amides is 1. The number of amides is 1. The molecule has 1 aliphatic rings. The minimum atomic E-state index is -0.346. The highest BCUT2D eigenvalue weighted by atomic mass is 32.2. The molecule has 158 valence electrons. The van der Waals surface area contributed by atoms with Crippen LogP contribution in [-0.2, 0) is 17.9 Å². The Hall–Kier alpha value is -2.09. The Morgan fingerprint density at radius 2 is 1.93 bits per heavy atom. The molecule has 0 unspecified atom stereocenters. The Balaban J connectivity index is 1.69. The second-order valence-corrected chi connectivity index (χ2v) is 9.26. The molecule has 2 aromatic heterocycles. The van der Waals surface area contributed by atoms with Crippen molar-refractivity contribution < 1.29 is 9.59 Å². The molecule has 0 saturated heterocycles. The first-order chi connectivity index (χ1) is 13.8. The van der Waals surface area contributed by atoms with Gasteiger partial charge < -0.3 is 14.9 Å². The molecule has 2 N–H and O–H groups in total. The fourth-order valence-electron chi connectivity index (χ4n) is 3.51. The predicted octanol–water partition coefficient (Wildman–Crippen LogP) is 3.47. The minimum Gasteiger partial charge on any atom is -0.370 e. The van der Waals surface area contributed by atoms with Crippen LogP contribution in [-0.4, -0.2) is 36.8 Å². The normalized spacial score (nSPS) is 14.0. The molecular weight excluding hydrogens is 386 g/mol. The largest absolute Gasteiger partial charge is 0.370 e. The van der Waals surface area contributed by atoms with Crippen molar-refractivity contribution >= 4 is 23.5 Å². The molecule has 1 saturated carbocycles. The van der Waals surface area contributed by atoms with Crippen LogP contribution in [0.3, 0.4) is 0 Å². The summed E-state index contributed by atoms with van der Waals surface area (Å²) >= 11 is 1.39. The molecule has 0 bridgehead atoms. The van der Waals surface area contributed by atoms with Crippen LogP contribution < -0.4 is 5.73 Å². The molecule has 0 aromatic carbocycles. The molecule has 0 aliphatic heterocycles. The number of ketones is 1. The third kappa shape index (κ3) is 5.29. The molecule has 29 heavy (non-hydrogen) atoms. The van der Waals surface area contributed by atoms with E-state index in [1.54, 1.807) is 0 Å². The summed E-state index contributed by atoms with van der Waals surface area (Å²) in [5, 5.41) is 9.28. The highest BCUT2D eigenvalue weighted by Gasteiger charge is 2.30. The average molecular weight is 418 g/mol. The van der Waals surface area contributed by atoms with Gasteiger partial charge in [-0.15, -0.1) is 10.2 Å². The van der Waals surface area contributed by atoms with Gasteiger partial charge in [-0.05, 0) is 45.1 Å². The molecular formula is C21H31N5O2S. The Labute approximate surface area is 176 Å². The van der Waals surface area contributed by atoms with Gasteiger partial charge in [-0.3, -0.25) is 9.59 Å². The first kappa shape index (κ1) is 21.6. The van der Waals surface area contributed by atoms with E-state index in [2.05, 4.69) is 35.5 Å². The maximum absolute atomic E-state index is 12.9. The zero-order valence-corrected chi connectivity index (χ0v) is 18.6. The van der Waals surface area contributed by atoms with E-state index in [-0.39, 0.29) is 18.1 Å². The van der Waals surface area contributed by atoms with Gasteiger partial charge >= 0.3 is 0 Å². The summed E-state index contributed by atoms with van der Waals surface area (Å²) in [6.07, 6.45) is 3.53. The summed E-state index contributed by atoms with van der Waals surface area (Å²) in [5.41, 5.74) is 8.25. The van der Waals surface area contributed by atoms with Crippen LogP contribution in [0.1, 0.15) is 73.0 Å². The monoisotopic (exact) mass is 417 g/mol. The van der Waals surface area contributed by atoms with Crippen LogP contribution in [0.5, 0.6) is 0 Å². The highest BCUT2D eigenvalue weighted by Crippen LogP contribution is 2.40. The van der Waals surface area contributed by atoms with Crippen molar-refractivity contribution in [2.75, 3.05) is 5.75 Å². The smallest absolute Gasteiger partial charge is 0.219 e. The van der Waals surface area contributed by atoms with Crippen molar-refractivity contribution in [2.24, 2.45) is 11.7 Å². The SMILES string of the molecule is Cc1cc(C(=O)CSc2nnc(C3CC3)n2CCC(N)=O)c(C)n1CCC(C)C. The van der Waals surface area contributed by atoms with Gasteiger partial charge in [0.25, 0.3) is 0 Å². The van der Waals surface area contributed by atoms with Crippen molar-refractivity contribution in [3.8, 4) is 0 Å². The molecule has 7 nitrogen and oxygen atoms in total. The van der Waals surface area contributed by atoms with E-state index in [1.807, 2.05) is 17.6 Å². The van der Waals surface area contributed by atoms with Crippen molar-refractivity contribution in [1.29, 1.82) is 0 Å². The standard InChI is InChI=1S/C21H31N5O2S/c1-13(2)7-9-25-14(3)11-17(15(25)4)18(27)12-29-21-24-23-20(16-5-6-16)26(21)10-8-19(22)28/h11,13,16H,5-10,12H2,1-4H3,(H2,22,28). The summed E-state index contributed by atoms with van der Waals surface area (Å²) < 4.78 is 4.20. The number of Topliss-reactive ketones (excluding diaryl/α,β-unsaturated/α-hetero) is 1. The van der Waals surface area contributed by atoms with Crippen molar-refractivity contribution in [3.63, 3.8) is 0 Å². The van der Waals surface area contributed by atoms with E-state index in [1.165, 1.54) is 11.8 Å². The molecule has 3 rings (SSSR count). The van der Waals surface area contributed by atoms with E-state index in [0.717, 1.165) is 48.6 Å². The van der Waals surface area contributed by atoms with Gasteiger partial charge in [0.2, 0.25) is 5.91 Å². The molecule has 2 aromatic rings. The van der Waals surface area contributed by atoms with E-state index in [9.17, 15) is 9.59 Å². The number of nitrogens with zero attached hydrogens (tertiary/aromatic N) is 4. The van der Waals surface area contributed by atoms with E-state index in [4.69, 9.17) is 5.73 Å². The predicted molar refractivity (Wildman–Crippen MR) is 114 cm³/mol. The van der Waals surface area contributed by atoms with Crippen LogP contribution in [0.4, 0.5) is 0 Å². The van der Waals surface area contributed by atoms with Gasteiger partial charge in [0.15, 0.2) is 10.9 Å². The number of hydrogen-bond donors (Lipinski definition) is 1. The number of hydrogen-bond acceptors (Lipinski definition) is 5. The third-order valence-corrected chi connectivity index (χ3v) is 6.37. The first-order valence-electron chi connectivity index (χ1n) is 10.3. The summed E-state index contributed by atoms with van der Waals surface area (Å²) in [6.45, 7) is 9.89. The summed E-state index contributed by atoms with van der Waals surface area (Å²) in [7, 11) is 0. The quantitative estimate of drug-likeness (QED) is 0.446. The van der Waals surface area contributed by atoms with Gasteiger partial charge in [-0.2, -0.15) is 0 Å². The van der Waals surface area contributed by atoms with Crippen molar-refractivity contribution in [3.05, 3.63) is 28.8 Å². The van der Waals surface area contributed by atoms with E-state index < -0.39 is 0 Å². The Kier molecular flexibility index (Phi) is 6.82. The lowest BCUT2D eigenvalue weighted by Gasteiger charge is -2.11. The number of carbonyl (C=O) groups excluding carboxylic acids is 2. The van der Waals surface area contributed by atoms with Crippen molar-refractivity contribution in [2.45, 2.75) is 77.5 Å². The minimum absolute atomic E-state index is 0.0938. The van der Waals surface area contributed by atoms with Crippen LogP contribution in [0.2, 0.25) is 0 Å². The average Bonchev–Trinajstić information content (AvgIpc) is 3.35. The zero-order valence-electron chi connectivity index (χ0n) is 17.8. The second-order valence-electron chi connectivity index (χ2n) is 8.31. The van der Waals surface area contributed by atoms with Gasteiger partial charge in [0, 0.05) is 42.4 Å². The van der Waals surface area contributed by atoms with Gasteiger partial charge in [0.05, 0.1) is 5.75 Å².